The zero-order chi connectivity index (χ0) is 10.2. The van der Waals surface area contributed by atoms with Crippen LogP contribution < -0.4 is 0 Å². The second kappa shape index (κ2) is 3.54. The van der Waals surface area contributed by atoms with Crippen LogP contribution >= 0.6 is 0 Å². The molecule has 3 heteroatoms. The van der Waals surface area contributed by atoms with Gasteiger partial charge in [0.1, 0.15) is 0 Å². The fraction of sp³-hybridized carbons (Fsp3) is 0.909. The summed E-state index contributed by atoms with van der Waals surface area (Å²) in [6, 6.07) is 0.737. The first-order valence-corrected chi connectivity index (χ1v) is 5.79. The molecule has 0 aromatic heterocycles. The van der Waals surface area contributed by atoms with Crippen molar-refractivity contribution in [3.05, 3.63) is 0 Å². The van der Waals surface area contributed by atoms with Gasteiger partial charge in [-0.1, -0.05) is 0 Å². The quantitative estimate of drug-likeness (QED) is 0.657. The second-order valence-electron chi connectivity index (χ2n) is 4.87. The molecule has 0 bridgehead atoms. The van der Waals surface area contributed by atoms with E-state index in [0.717, 1.165) is 32.2 Å². The summed E-state index contributed by atoms with van der Waals surface area (Å²) in [5.74, 6) is 0. The third-order valence-electron chi connectivity index (χ3n) is 4.27. The minimum absolute atomic E-state index is 0.329. The van der Waals surface area contributed by atoms with Gasteiger partial charge < -0.3 is 5.11 Å². The molecule has 1 aliphatic carbocycles. The van der Waals surface area contributed by atoms with Gasteiger partial charge in [-0.25, -0.2) is 4.48 Å². The molecule has 0 radical (unpaired) electrons. The third kappa shape index (κ3) is 1.26. The Labute approximate surface area is 85.3 Å². The number of hydrogen-bond donors (Lipinski definition) is 1. The summed E-state index contributed by atoms with van der Waals surface area (Å²) in [6.07, 6.45) is 6.29. The molecule has 1 saturated heterocycles. The first-order chi connectivity index (χ1) is 6.68. The van der Waals surface area contributed by atoms with Gasteiger partial charge in [-0.05, 0) is 19.8 Å². The van der Waals surface area contributed by atoms with Gasteiger partial charge in [0, 0.05) is 25.7 Å². The summed E-state index contributed by atoms with van der Waals surface area (Å²) in [6.45, 7) is 2.97. The summed E-state index contributed by atoms with van der Waals surface area (Å²) in [7, 11) is 0. The van der Waals surface area contributed by atoms with Gasteiger partial charge in [-0.3, -0.25) is 0 Å². The minimum Gasteiger partial charge on any atom is -0.435 e. The van der Waals surface area contributed by atoms with Gasteiger partial charge >= 0.3 is 6.09 Å². The standard InChI is InChI=1S/C11H19NO2/c1-9-5-4-8-12(9,11(13)14)10-6-2-3-7-10/h9-10H,2-8H2,1H3/p+1/t9-,12?/m1/s1. The molecular formula is C11H20NO2+. The predicted molar refractivity (Wildman–Crippen MR) is 54.1 cm³/mol. The number of nitrogens with zero attached hydrogens (tertiary/aromatic N) is 1. The van der Waals surface area contributed by atoms with Crippen molar-refractivity contribution in [3.63, 3.8) is 0 Å². The molecule has 2 atom stereocenters. The lowest BCUT2D eigenvalue weighted by atomic mass is 10.1. The smallest absolute Gasteiger partial charge is 0.435 e. The van der Waals surface area contributed by atoms with E-state index in [0.29, 0.717) is 16.6 Å². The molecule has 2 fully saturated rings. The number of quaternary nitrogens is 1. The highest BCUT2D eigenvalue weighted by Crippen LogP contribution is 2.37. The van der Waals surface area contributed by atoms with Crippen molar-refractivity contribution in [3.8, 4) is 0 Å². The molecule has 1 aliphatic heterocycles. The molecule has 1 N–H and O–H groups in total. The van der Waals surface area contributed by atoms with Crippen molar-refractivity contribution in [2.24, 2.45) is 0 Å². The number of amides is 1. The molecule has 0 spiro atoms. The zero-order valence-corrected chi connectivity index (χ0v) is 8.91. The SMILES string of the molecule is C[C@@H]1CCC[N+]1(C(=O)O)C1CCCC1. The second-order valence-corrected chi connectivity index (χ2v) is 4.87. The molecule has 1 heterocycles. The van der Waals surface area contributed by atoms with Crippen LogP contribution in [0.3, 0.4) is 0 Å². The van der Waals surface area contributed by atoms with Gasteiger partial charge in [0.25, 0.3) is 0 Å². The molecule has 1 unspecified atom stereocenters. The Morgan fingerprint density at radius 3 is 2.29 bits per heavy atom. The van der Waals surface area contributed by atoms with E-state index in [1.807, 2.05) is 0 Å². The lowest BCUT2D eigenvalue weighted by molar-refractivity contribution is -0.891. The maximum atomic E-state index is 11.5. The minimum atomic E-state index is -0.582. The van der Waals surface area contributed by atoms with Crippen LogP contribution in [0.15, 0.2) is 0 Å². The van der Waals surface area contributed by atoms with Crippen LogP contribution in [0.5, 0.6) is 0 Å². The van der Waals surface area contributed by atoms with E-state index in [1.54, 1.807) is 0 Å². The number of carbonyl (C=O) groups is 1. The van der Waals surface area contributed by atoms with E-state index in [2.05, 4.69) is 6.92 Å². The Kier molecular flexibility index (Phi) is 2.52. The molecule has 0 aromatic carbocycles. The Morgan fingerprint density at radius 1 is 1.21 bits per heavy atom. The van der Waals surface area contributed by atoms with Gasteiger partial charge in [-0.2, -0.15) is 4.79 Å². The summed E-state index contributed by atoms with van der Waals surface area (Å²) in [4.78, 5) is 11.5. The van der Waals surface area contributed by atoms with Crippen LogP contribution in [0.25, 0.3) is 0 Å². The molecule has 1 saturated carbocycles. The first kappa shape index (κ1) is 9.97. The van der Waals surface area contributed by atoms with E-state index in [-0.39, 0.29) is 0 Å². The van der Waals surface area contributed by atoms with Gasteiger partial charge in [0.05, 0.1) is 18.6 Å². The first-order valence-electron chi connectivity index (χ1n) is 5.79. The van der Waals surface area contributed by atoms with Crippen molar-refractivity contribution in [1.29, 1.82) is 0 Å². The molecular weight excluding hydrogens is 178 g/mol. The average molecular weight is 198 g/mol. The van der Waals surface area contributed by atoms with Crippen molar-refractivity contribution in [2.75, 3.05) is 6.54 Å². The summed E-state index contributed by atoms with van der Waals surface area (Å²) < 4.78 is 0.375. The highest BCUT2D eigenvalue weighted by molar-refractivity contribution is 5.57. The fourth-order valence-electron chi connectivity index (χ4n) is 3.45. The maximum absolute atomic E-state index is 11.5. The van der Waals surface area contributed by atoms with Crippen LogP contribution in [-0.4, -0.2) is 34.3 Å². The van der Waals surface area contributed by atoms with Crippen LogP contribution in [0.1, 0.15) is 45.4 Å². The normalized spacial score (nSPS) is 39.1. The largest absolute Gasteiger partial charge is 0.514 e. The number of rotatable bonds is 1. The third-order valence-corrected chi connectivity index (χ3v) is 4.27. The molecule has 2 aliphatic rings. The van der Waals surface area contributed by atoms with Crippen LogP contribution in [0, 0.1) is 0 Å². The van der Waals surface area contributed by atoms with Gasteiger partial charge in [0.2, 0.25) is 0 Å². The highest BCUT2D eigenvalue weighted by atomic mass is 16.4. The number of carboxylic acid groups (broad SMARTS) is 1. The van der Waals surface area contributed by atoms with Crippen molar-refractivity contribution >= 4 is 6.09 Å². The topological polar surface area (TPSA) is 37.3 Å². The lowest BCUT2D eigenvalue weighted by Gasteiger charge is -2.38. The highest BCUT2D eigenvalue weighted by Gasteiger charge is 2.52. The Hall–Kier alpha value is -0.570. The molecule has 14 heavy (non-hydrogen) atoms. The summed E-state index contributed by atoms with van der Waals surface area (Å²) >= 11 is 0. The van der Waals surface area contributed by atoms with E-state index in [4.69, 9.17) is 0 Å². The molecule has 3 nitrogen and oxygen atoms in total. The molecule has 0 aromatic rings. The fourth-order valence-corrected chi connectivity index (χ4v) is 3.45. The van der Waals surface area contributed by atoms with E-state index in [9.17, 15) is 9.90 Å². The average Bonchev–Trinajstić information content (AvgIpc) is 2.72. The van der Waals surface area contributed by atoms with Gasteiger partial charge in [-0.15, -0.1) is 0 Å². The van der Waals surface area contributed by atoms with Crippen LogP contribution in [-0.2, 0) is 0 Å². The molecule has 2 rings (SSSR count). The Bertz CT molecular complexity index is 235. The van der Waals surface area contributed by atoms with E-state index in [1.165, 1.54) is 12.8 Å². The summed E-state index contributed by atoms with van der Waals surface area (Å²) in [5.41, 5.74) is 0. The number of hydrogen-bond acceptors (Lipinski definition) is 1. The maximum Gasteiger partial charge on any atom is 0.514 e. The molecule has 80 valence electrons. The Morgan fingerprint density at radius 2 is 1.86 bits per heavy atom. The lowest BCUT2D eigenvalue weighted by Crippen LogP contribution is -2.59. The van der Waals surface area contributed by atoms with E-state index < -0.39 is 6.09 Å². The van der Waals surface area contributed by atoms with E-state index >= 15 is 0 Å². The number of likely N-dealkylation sites (tertiary alicyclic amines) is 1. The van der Waals surface area contributed by atoms with Crippen LogP contribution in [0.2, 0.25) is 0 Å². The zero-order valence-electron chi connectivity index (χ0n) is 8.91. The van der Waals surface area contributed by atoms with Crippen molar-refractivity contribution in [2.45, 2.75) is 57.5 Å². The van der Waals surface area contributed by atoms with Crippen LogP contribution in [0.4, 0.5) is 4.79 Å². The van der Waals surface area contributed by atoms with Crippen molar-refractivity contribution < 1.29 is 14.4 Å². The molecule has 1 amide bonds. The predicted octanol–water partition coefficient (Wildman–Crippen LogP) is 2.61. The van der Waals surface area contributed by atoms with Crippen molar-refractivity contribution in [1.82, 2.24) is 0 Å². The van der Waals surface area contributed by atoms with Gasteiger partial charge in [0.15, 0.2) is 0 Å². The monoisotopic (exact) mass is 198 g/mol. The summed E-state index contributed by atoms with van der Waals surface area (Å²) in [5, 5.41) is 9.47. The Balaban J connectivity index is 2.25.